The summed E-state index contributed by atoms with van der Waals surface area (Å²) < 4.78 is 0. The number of carbonyl (C=O) groups excluding carboxylic acids is 1. The van der Waals surface area contributed by atoms with E-state index in [2.05, 4.69) is 20.7 Å². The Morgan fingerprint density at radius 2 is 1.61 bits per heavy atom. The summed E-state index contributed by atoms with van der Waals surface area (Å²) in [5, 5.41) is 18.8. The molecule has 4 N–H and O–H groups in total. The van der Waals surface area contributed by atoms with Crippen molar-refractivity contribution in [3.63, 3.8) is 0 Å². The van der Waals surface area contributed by atoms with E-state index in [1.54, 1.807) is 48.9 Å². The number of carbonyl (C=O) groups is 2. The van der Waals surface area contributed by atoms with Crippen LogP contribution in [0.5, 0.6) is 0 Å². The summed E-state index contributed by atoms with van der Waals surface area (Å²) in [5.74, 6) is -1.11. The van der Waals surface area contributed by atoms with E-state index in [4.69, 9.17) is 10.6 Å². The lowest BCUT2D eigenvalue weighted by molar-refractivity contribution is 0.0696. The predicted molar refractivity (Wildman–Crippen MR) is 140 cm³/mol. The molecule has 3 rings (SSSR count). The fraction of sp³-hybridized carbons (Fsp3) is 0.250. The number of carboxylic acid groups (broad SMARTS) is 1. The van der Waals surface area contributed by atoms with Gasteiger partial charge in [0.2, 0.25) is 0 Å². The van der Waals surface area contributed by atoms with E-state index in [0.29, 0.717) is 17.8 Å². The highest BCUT2D eigenvalue weighted by molar-refractivity contribution is 6.01. The number of rotatable bonds is 14. The molecule has 0 aliphatic carbocycles. The molecule has 2 aromatic carbocycles. The third-order valence-corrected chi connectivity index (χ3v) is 5.71. The van der Waals surface area contributed by atoms with Gasteiger partial charge in [0.25, 0.3) is 5.91 Å². The Hall–Kier alpha value is -4.33. The van der Waals surface area contributed by atoms with Gasteiger partial charge < -0.3 is 15.7 Å². The molecule has 0 spiro atoms. The van der Waals surface area contributed by atoms with Crippen LogP contribution in [-0.4, -0.2) is 35.1 Å². The van der Waals surface area contributed by atoms with Gasteiger partial charge in [0.15, 0.2) is 0 Å². The molecule has 1 amide bonds. The van der Waals surface area contributed by atoms with Gasteiger partial charge in [-0.15, -0.1) is 0 Å². The minimum absolute atomic E-state index is 0.131. The number of benzene rings is 2. The molecule has 0 saturated heterocycles. The summed E-state index contributed by atoms with van der Waals surface area (Å²) in [5.41, 5.74) is 11.0. The standard InChI is InChI=1S/C28H31N5O3/c29-33-26(23-9-8-17-30-19-23)20-31-16-6-2-1-3-7-18-32-27(34)25-11-5-4-10-24(25)21-12-14-22(15-13-21)28(35)36/h4-5,8-15,17,19-20,29,31H,1-3,6-7,16,18H2,(H,32,34)(H,35,36)/b26-20-,33-29?. The Balaban J connectivity index is 1.34. The molecule has 0 bridgehead atoms. The second kappa shape index (κ2) is 14.2. The number of unbranched alkanes of at least 4 members (excludes halogenated alkanes) is 4. The average molecular weight is 486 g/mol. The summed E-state index contributed by atoms with van der Waals surface area (Å²) in [6, 6.07) is 17.6. The number of pyridine rings is 1. The Morgan fingerprint density at radius 3 is 2.31 bits per heavy atom. The Bertz CT molecular complexity index is 1180. The van der Waals surface area contributed by atoms with Crippen molar-refractivity contribution in [2.75, 3.05) is 13.1 Å². The number of hydrogen-bond donors (Lipinski definition) is 4. The quantitative estimate of drug-likeness (QED) is 0.171. The van der Waals surface area contributed by atoms with Crippen LogP contribution in [0, 0.1) is 5.53 Å². The van der Waals surface area contributed by atoms with E-state index in [1.807, 2.05) is 30.3 Å². The third kappa shape index (κ3) is 7.87. The van der Waals surface area contributed by atoms with E-state index in [9.17, 15) is 9.59 Å². The van der Waals surface area contributed by atoms with E-state index in [0.717, 1.165) is 55.3 Å². The topological polar surface area (TPSA) is 128 Å². The highest BCUT2D eigenvalue weighted by Gasteiger charge is 2.12. The molecular weight excluding hydrogens is 454 g/mol. The summed E-state index contributed by atoms with van der Waals surface area (Å²) in [4.78, 5) is 27.9. The second-order valence-electron chi connectivity index (χ2n) is 8.29. The number of amides is 1. The number of aromatic nitrogens is 1. The predicted octanol–water partition coefficient (Wildman–Crippen LogP) is 5.75. The van der Waals surface area contributed by atoms with Gasteiger partial charge in [-0.2, -0.15) is 5.11 Å². The fourth-order valence-electron chi connectivity index (χ4n) is 3.77. The molecule has 0 fully saturated rings. The minimum Gasteiger partial charge on any atom is -0.478 e. The third-order valence-electron chi connectivity index (χ3n) is 5.71. The van der Waals surface area contributed by atoms with Crippen LogP contribution in [0.2, 0.25) is 0 Å². The van der Waals surface area contributed by atoms with Crippen molar-refractivity contribution in [1.29, 1.82) is 5.53 Å². The molecule has 0 saturated carbocycles. The first kappa shape index (κ1) is 26.3. The maximum Gasteiger partial charge on any atom is 0.335 e. The van der Waals surface area contributed by atoms with E-state index in [-0.39, 0.29) is 11.5 Å². The molecule has 0 atom stereocenters. The molecule has 0 radical (unpaired) electrons. The fourth-order valence-corrected chi connectivity index (χ4v) is 3.77. The zero-order chi connectivity index (χ0) is 25.6. The lowest BCUT2D eigenvalue weighted by atomic mass is 9.98. The average Bonchev–Trinajstić information content (AvgIpc) is 2.92. The van der Waals surface area contributed by atoms with Gasteiger partial charge in [0.05, 0.1) is 5.56 Å². The van der Waals surface area contributed by atoms with Crippen molar-refractivity contribution in [2.45, 2.75) is 32.1 Å². The van der Waals surface area contributed by atoms with Crippen LogP contribution in [0.1, 0.15) is 58.4 Å². The number of nitrogens with one attached hydrogen (secondary N) is 3. The highest BCUT2D eigenvalue weighted by Crippen LogP contribution is 2.24. The van der Waals surface area contributed by atoms with Gasteiger partial charge >= 0.3 is 5.97 Å². The van der Waals surface area contributed by atoms with E-state index >= 15 is 0 Å². The van der Waals surface area contributed by atoms with Crippen LogP contribution < -0.4 is 10.6 Å². The molecule has 0 unspecified atom stereocenters. The van der Waals surface area contributed by atoms with Crippen LogP contribution in [0.4, 0.5) is 0 Å². The number of aromatic carboxylic acids is 1. The smallest absolute Gasteiger partial charge is 0.335 e. The van der Waals surface area contributed by atoms with Crippen LogP contribution in [0.25, 0.3) is 16.8 Å². The van der Waals surface area contributed by atoms with Gasteiger partial charge in [-0.25, -0.2) is 10.3 Å². The van der Waals surface area contributed by atoms with Gasteiger partial charge in [0, 0.05) is 42.8 Å². The van der Waals surface area contributed by atoms with Crippen LogP contribution in [0.3, 0.4) is 0 Å². The highest BCUT2D eigenvalue weighted by atomic mass is 16.4. The molecule has 8 nitrogen and oxygen atoms in total. The number of hydrogen-bond acceptors (Lipinski definition) is 6. The Morgan fingerprint density at radius 1 is 0.889 bits per heavy atom. The van der Waals surface area contributed by atoms with Gasteiger partial charge in [-0.1, -0.05) is 49.6 Å². The minimum atomic E-state index is -0.976. The zero-order valence-corrected chi connectivity index (χ0v) is 20.1. The van der Waals surface area contributed by atoms with Gasteiger partial charge in [-0.3, -0.25) is 9.78 Å². The number of carboxylic acids is 1. The lowest BCUT2D eigenvalue weighted by Crippen LogP contribution is -2.25. The molecule has 0 aliphatic rings. The van der Waals surface area contributed by atoms with Gasteiger partial charge in [-0.05, 0) is 54.3 Å². The second-order valence-corrected chi connectivity index (χ2v) is 8.29. The summed E-state index contributed by atoms with van der Waals surface area (Å²) >= 11 is 0. The van der Waals surface area contributed by atoms with Crippen LogP contribution in [0.15, 0.2) is 84.4 Å². The number of nitrogens with zero attached hydrogens (tertiary/aromatic N) is 2. The van der Waals surface area contributed by atoms with Crippen LogP contribution >= 0.6 is 0 Å². The summed E-state index contributed by atoms with van der Waals surface area (Å²) in [6.07, 6.45) is 10.2. The Kier molecular flexibility index (Phi) is 10.3. The SMILES string of the molecule is N=N/C(=C\NCCCCCCCNC(=O)c1ccccc1-c1ccc(C(=O)O)cc1)c1cccnc1. The largest absolute Gasteiger partial charge is 0.478 e. The van der Waals surface area contributed by atoms with Crippen molar-refractivity contribution < 1.29 is 14.7 Å². The van der Waals surface area contributed by atoms with Crippen molar-refractivity contribution in [1.82, 2.24) is 15.6 Å². The molecule has 186 valence electrons. The van der Waals surface area contributed by atoms with Crippen LogP contribution in [-0.2, 0) is 0 Å². The first-order valence-electron chi connectivity index (χ1n) is 12.0. The lowest BCUT2D eigenvalue weighted by Gasteiger charge is -2.11. The molecule has 8 heteroatoms. The van der Waals surface area contributed by atoms with Gasteiger partial charge in [0.1, 0.15) is 5.70 Å². The normalized spacial score (nSPS) is 11.1. The zero-order valence-electron chi connectivity index (χ0n) is 20.1. The van der Waals surface area contributed by atoms with Crippen molar-refractivity contribution in [2.24, 2.45) is 5.11 Å². The van der Waals surface area contributed by atoms with E-state index < -0.39 is 5.97 Å². The molecule has 1 aromatic heterocycles. The monoisotopic (exact) mass is 485 g/mol. The van der Waals surface area contributed by atoms with E-state index in [1.165, 1.54) is 0 Å². The molecular formula is C28H31N5O3. The van der Waals surface area contributed by atoms with Crippen molar-refractivity contribution in [3.05, 3.63) is 95.9 Å². The van der Waals surface area contributed by atoms with Crippen molar-refractivity contribution in [3.8, 4) is 11.1 Å². The first-order chi connectivity index (χ1) is 17.6. The molecule has 1 heterocycles. The summed E-state index contributed by atoms with van der Waals surface area (Å²) in [6.45, 7) is 1.41. The first-order valence-corrected chi connectivity index (χ1v) is 12.0. The molecule has 0 aliphatic heterocycles. The van der Waals surface area contributed by atoms with Crippen molar-refractivity contribution >= 4 is 17.6 Å². The Labute approximate surface area is 211 Å². The maximum absolute atomic E-state index is 12.8. The summed E-state index contributed by atoms with van der Waals surface area (Å²) in [7, 11) is 0. The maximum atomic E-state index is 12.8. The molecule has 36 heavy (non-hydrogen) atoms. The molecule has 3 aromatic rings.